The van der Waals surface area contributed by atoms with Crippen LogP contribution >= 0.6 is 11.8 Å². The number of carbonyl (C=O) groups is 1. The third kappa shape index (κ3) is 4.96. The van der Waals surface area contributed by atoms with E-state index in [2.05, 4.69) is 16.2 Å². The molecule has 5 nitrogen and oxygen atoms in total. The Bertz CT molecular complexity index is 972. The van der Waals surface area contributed by atoms with Crippen LogP contribution in [0.3, 0.4) is 0 Å². The van der Waals surface area contributed by atoms with Crippen LogP contribution in [0.1, 0.15) is 18.1 Å². The number of amidine groups is 1. The molecule has 0 unspecified atom stereocenters. The monoisotopic (exact) mass is 392 g/mol. The molecule has 0 aliphatic carbocycles. The molecule has 0 bridgehead atoms. The molecule has 0 atom stereocenters. The molecule has 142 valence electrons. The molecule has 28 heavy (non-hydrogen) atoms. The lowest BCUT2D eigenvalue weighted by Crippen LogP contribution is -2.19. The van der Waals surface area contributed by atoms with Crippen LogP contribution in [0, 0.1) is 19.3 Å². The summed E-state index contributed by atoms with van der Waals surface area (Å²) in [6.07, 6.45) is 7.04. The summed E-state index contributed by atoms with van der Waals surface area (Å²) in [6.45, 7) is 4.57. The van der Waals surface area contributed by atoms with E-state index in [-0.39, 0.29) is 12.5 Å². The molecule has 0 saturated carbocycles. The summed E-state index contributed by atoms with van der Waals surface area (Å²) in [7, 11) is 0. The van der Waals surface area contributed by atoms with Crippen molar-refractivity contribution in [1.29, 1.82) is 0 Å². The van der Waals surface area contributed by atoms with E-state index in [0.29, 0.717) is 28.2 Å². The van der Waals surface area contributed by atoms with Gasteiger partial charge < -0.3 is 14.8 Å². The van der Waals surface area contributed by atoms with Gasteiger partial charge in [0.15, 0.2) is 16.7 Å². The molecule has 1 N–H and O–H groups in total. The number of aliphatic imine (C=N–C) groups is 1. The Labute approximate surface area is 168 Å². The first-order chi connectivity index (χ1) is 13.6. The topological polar surface area (TPSA) is 59.9 Å². The Morgan fingerprint density at radius 2 is 1.96 bits per heavy atom. The number of nitrogens with zero attached hydrogens (tertiary/aromatic N) is 1. The highest BCUT2D eigenvalue weighted by molar-refractivity contribution is 8.18. The number of ether oxygens (including phenoxy) is 2. The molecule has 2 aromatic carbocycles. The summed E-state index contributed by atoms with van der Waals surface area (Å²) < 4.78 is 11.1. The summed E-state index contributed by atoms with van der Waals surface area (Å²) in [5, 5.41) is 3.35. The molecule has 1 heterocycles. The van der Waals surface area contributed by atoms with Crippen molar-refractivity contribution in [1.82, 2.24) is 5.32 Å². The standard InChI is InChI=1S/C22H20N2O3S/c1-4-12-27-18-11-8-16(13-19(18)26-5-2)14-20-21(25)24-22(28-20)23-17-9-6-15(3)7-10-17/h1,6-11,13-14H,5,12H2,2-3H3,(H,23,24,25). The Hall–Kier alpha value is -3.17. The van der Waals surface area contributed by atoms with E-state index in [1.807, 2.05) is 50.2 Å². The van der Waals surface area contributed by atoms with Gasteiger partial charge in [-0.05, 0) is 61.5 Å². The molecule has 0 aromatic heterocycles. The van der Waals surface area contributed by atoms with E-state index in [9.17, 15) is 4.79 Å². The van der Waals surface area contributed by atoms with E-state index in [1.165, 1.54) is 11.8 Å². The van der Waals surface area contributed by atoms with Gasteiger partial charge in [0.05, 0.1) is 17.2 Å². The quantitative estimate of drug-likeness (QED) is 0.588. The van der Waals surface area contributed by atoms with Crippen molar-refractivity contribution < 1.29 is 14.3 Å². The fourth-order valence-corrected chi connectivity index (χ4v) is 3.33. The van der Waals surface area contributed by atoms with Gasteiger partial charge in [0.25, 0.3) is 5.91 Å². The summed E-state index contributed by atoms with van der Waals surface area (Å²) >= 11 is 1.30. The smallest absolute Gasteiger partial charge is 0.264 e. The Morgan fingerprint density at radius 1 is 1.18 bits per heavy atom. The fourth-order valence-electron chi connectivity index (χ4n) is 2.49. The van der Waals surface area contributed by atoms with Gasteiger partial charge in [0.2, 0.25) is 0 Å². The molecule has 1 saturated heterocycles. The molecule has 1 aliphatic heterocycles. The number of amides is 1. The van der Waals surface area contributed by atoms with E-state index in [0.717, 1.165) is 16.8 Å². The Morgan fingerprint density at radius 3 is 2.68 bits per heavy atom. The highest BCUT2D eigenvalue weighted by Crippen LogP contribution is 2.32. The molecular formula is C22H20N2O3S. The minimum absolute atomic E-state index is 0.164. The molecule has 3 rings (SSSR count). The maximum Gasteiger partial charge on any atom is 0.264 e. The van der Waals surface area contributed by atoms with E-state index in [4.69, 9.17) is 15.9 Å². The minimum Gasteiger partial charge on any atom is -0.490 e. The third-order valence-electron chi connectivity index (χ3n) is 3.79. The molecule has 1 amide bonds. The normalized spacial score (nSPS) is 16.1. The van der Waals surface area contributed by atoms with Gasteiger partial charge in [-0.25, -0.2) is 4.99 Å². The minimum atomic E-state index is -0.179. The maximum absolute atomic E-state index is 12.3. The second kappa shape index (κ2) is 9.16. The third-order valence-corrected chi connectivity index (χ3v) is 4.70. The number of nitrogens with one attached hydrogen (secondary N) is 1. The largest absolute Gasteiger partial charge is 0.490 e. The molecule has 0 spiro atoms. The molecular weight excluding hydrogens is 372 g/mol. The van der Waals surface area contributed by atoms with Gasteiger partial charge in [0.1, 0.15) is 6.61 Å². The number of terminal acetylenes is 1. The predicted octanol–water partition coefficient (Wildman–Crippen LogP) is 4.30. The van der Waals surface area contributed by atoms with Crippen molar-refractivity contribution >= 4 is 34.6 Å². The van der Waals surface area contributed by atoms with Crippen LogP contribution in [-0.2, 0) is 4.79 Å². The van der Waals surface area contributed by atoms with Crippen LogP contribution in [0.15, 0.2) is 52.4 Å². The number of thioether (sulfide) groups is 1. The zero-order chi connectivity index (χ0) is 19.9. The van der Waals surface area contributed by atoms with Crippen molar-refractivity contribution in [3.8, 4) is 23.8 Å². The fraction of sp³-hybridized carbons (Fsp3) is 0.182. The van der Waals surface area contributed by atoms with Crippen LogP contribution in [-0.4, -0.2) is 24.3 Å². The van der Waals surface area contributed by atoms with Gasteiger partial charge in [-0.15, -0.1) is 6.42 Å². The molecule has 2 aromatic rings. The zero-order valence-corrected chi connectivity index (χ0v) is 16.5. The summed E-state index contributed by atoms with van der Waals surface area (Å²) in [5.74, 6) is 3.42. The number of benzene rings is 2. The number of rotatable bonds is 6. The van der Waals surface area contributed by atoms with E-state index >= 15 is 0 Å². The van der Waals surface area contributed by atoms with Crippen molar-refractivity contribution in [3.05, 3.63) is 58.5 Å². The number of aryl methyl sites for hydroxylation is 1. The van der Waals surface area contributed by atoms with Gasteiger partial charge >= 0.3 is 0 Å². The van der Waals surface area contributed by atoms with Crippen molar-refractivity contribution in [3.63, 3.8) is 0 Å². The second-order valence-electron chi connectivity index (χ2n) is 5.95. The Kier molecular flexibility index (Phi) is 6.41. The number of hydrogen-bond donors (Lipinski definition) is 1. The van der Waals surface area contributed by atoms with Crippen LogP contribution in [0.4, 0.5) is 5.69 Å². The van der Waals surface area contributed by atoms with Gasteiger partial charge in [0, 0.05) is 0 Å². The number of carbonyl (C=O) groups excluding carboxylic acids is 1. The van der Waals surface area contributed by atoms with Gasteiger partial charge in [-0.2, -0.15) is 0 Å². The van der Waals surface area contributed by atoms with Crippen LogP contribution in [0.5, 0.6) is 11.5 Å². The lowest BCUT2D eigenvalue weighted by molar-refractivity contribution is -0.115. The summed E-state index contributed by atoms with van der Waals surface area (Å²) in [5.41, 5.74) is 2.78. The van der Waals surface area contributed by atoms with E-state index in [1.54, 1.807) is 12.1 Å². The van der Waals surface area contributed by atoms with Gasteiger partial charge in [-0.1, -0.05) is 29.7 Å². The van der Waals surface area contributed by atoms with Crippen molar-refractivity contribution in [2.24, 2.45) is 4.99 Å². The van der Waals surface area contributed by atoms with Crippen molar-refractivity contribution in [2.45, 2.75) is 13.8 Å². The summed E-state index contributed by atoms with van der Waals surface area (Å²) in [6, 6.07) is 13.3. The zero-order valence-electron chi connectivity index (χ0n) is 15.7. The van der Waals surface area contributed by atoms with Crippen LogP contribution in [0.25, 0.3) is 6.08 Å². The molecule has 0 radical (unpaired) electrons. The number of hydrogen-bond acceptors (Lipinski definition) is 5. The maximum atomic E-state index is 12.3. The molecule has 1 aliphatic rings. The average Bonchev–Trinajstić information content (AvgIpc) is 3.02. The predicted molar refractivity (Wildman–Crippen MR) is 114 cm³/mol. The first-order valence-corrected chi connectivity index (χ1v) is 9.60. The average molecular weight is 392 g/mol. The van der Waals surface area contributed by atoms with Crippen molar-refractivity contribution in [2.75, 3.05) is 13.2 Å². The Balaban J connectivity index is 1.81. The highest BCUT2D eigenvalue weighted by Gasteiger charge is 2.24. The van der Waals surface area contributed by atoms with E-state index < -0.39 is 0 Å². The first kappa shape index (κ1) is 19.6. The lowest BCUT2D eigenvalue weighted by atomic mass is 10.2. The SMILES string of the molecule is C#CCOc1ccc(C=C2SC(=Nc3ccc(C)cc3)NC2=O)cc1OCC. The molecule has 1 fully saturated rings. The highest BCUT2D eigenvalue weighted by atomic mass is 32.2. The first-order valence-electron chi connectivity index (χ1n) is 8.78. The molecule has 6 heteroatoms. The van der Waals surface area contributed by atoms with Gasteiger partial charge in [-0.3, -0.25) is 4.79 Å². The van der Waals surface area contributed by atoms with Crippen LogP contribution < -0.4 is 14.8 Å². The second-order valence-corrected chi connectivity index (χ2v) is 6.98. The van der Waals surface area contributed by atoms with Crippen LogP contribution in [0.2, 0.25) is 0 Å². The summed E-state index contributed by atoms with van der Waals surface area (Å²) in [4.78, 5) is 17.3. The lowest BCUT2D eigenvalue weighted by Gasteiger charge is -2.11.